The maximum atomic E-state index is 10.6. The molecule has 9 aromatic carbocycles. The molecule has 0 bridgehead atoms. The van der Waals surface area contributed by atoms with Crippen LogP contribution in [0, 0.1) is 45.3 Å². The van der Waals surface area contributed by atoms with Crippen molar-refractivity contribution in [3.63, 3.8) is 0 Å². The molecule has 12 rings (SSSR count). The van der Waals surface area contributed by atoms with Crippen LogP contribution in [0.2, 0.25) is 0 Å². The lowest BCUT2D eigenvalue weighted by molar-refractivity contribution is 1.17. The van der Waals surface area contributed by atoms with Crippen molar-refractivity contribution in [1.29, 1.82) is 21.0 Å². The highest BCUT2D eigenvalue weighted by atomic mass is 15.0. The number of nitriles is 4. The normalized spacial score (nSPS) is 11.1. The topological polar surface area (TPSA) is 131 Å². The van der Waals surface area contributed by atoms with Crippen molar-refractivity contribution < 1.29 is 0 Å². The Morgan fingerprint density at radius 1 is 0.314 bits per heavy atom. The van der Waals surface area contributed by atoms with Crippen LogP contribution in [0.15, 0.2) is 206 Å². The molecule has 0 aliphatic rings. The van der Waals surface area contributed by atoms with Crippen LogP contribution in [-0.2, 0) is 0 Å². The first-order valence-electron chi connectivity index (χ1n) is 22.6. The summed E-state index contributed by atoms with van der Waals surface area (Å²) in [6, 6.07) is 77.6. The summed E-state index contributed by atoms with van der Waals surface area (Å²) < 4.78 is 4.69. The van der Waals surface area contributed by atoms with Gasteiger partial charge in [0, 0.05) is 49.6 Å². The van der Waals surface area contributed by atoms with Gasteiger partial charge in [0.1, 0.15) is 0 Å². The van der Waals surface area contributed by atoms with Gasteiger partial charge in [0.15, 0.2) is 5.82 Å². The molecule has 0 atom stereocenters. The van der Waals surface area contributed by atoms with Gasteiger partial charge in [-0.05, 0) is 113 Å². The molecule has 0 saturated heterocycles. The molecule has 0 fully saturated rings. The fourth-order valence-electron chi connectivity index (χ4n) is 9.83. The van der Waals surface area contributed by atoms with Crippen LogP contribution in [-0.4, -0.2) is 19.1 Å². The highest BCUT2D eigenvalue weighted by Crippen LogP contribution is 2.39. The minimum atomic E-state index is 0.272. The first-order valence-corrected chi connectivity index (χ1v) is 22.6. The fraction of sp³-hybridized carbons (Fsp3) is 0. The van der Waals surface area contributed by atoms with Crippen LogP contribution < -0.4 is 0 Å². The SMILES string of the molecule is N#Cc1cccc(-c2cc(-c3c(C#N)cc(-c4ccc(-c5ccc(-n6c7ccccc7c7cc(-n8c9ccccc9c9ccccc98)ccc76)cc5)cc4)cc3C#N)nc(-c3cccc(C#N)c3)n2)c1. The number of fused-ring (bicyclic) bond motifs is 6. The summed E-state index contributed by atoms with van der Waals surface area (Å²) in [6.45, 7) is 0. The van der Waals surface area contributed by atoms with Crippen molar-refractivity contribution in [3.05, 3.63) is 229 Å². The van der Waals surface area contributed by atoms with Crippen molar-refractivity contribution in [2.45, 2.75) is 0 Å². The minimum absolute atomic E-state index is 0.272. The van der Waals surface area contributed by atoms with E-state index in [4.69, 9.17) is 9.97 Å². The van der Waals surface area contributed by atoms with E-state index in [9.17, 15) is 21.0 Å². The fourth-order valence-corrected chi connectivity index (χ4v) is 9.83. The lowest BCUT2D eigenvalue weighted by atomic mass is 9.92. The molecule has 3 heterocycles. The largest absolute Gasteiger partial charge is 0.309 e. The summed E-state index contributed by atoms with van der Waals surface area (Å²) in [7, 11) is 0. The van der Waals surface area contributed by atoms with E-state index >= 15 is 0 Å². The monoisotopic (exact) mass is 890 g/mol. The molecule has 0 unspecified atom stereocenters. The molecule has 0 aliphatic heterocycles. The molecule has 0 radical (unpaired) electrons. The molecule has 0 amide bonds. The molecule has 70 heavy (non-hydrogen) atoms. The molecule has 8 heteroatoms. The van der Waals surface area contributed by atoms with Gasteiger partial charge in [-0.3, -0.25) is 0 Å². The van der Waals surface area contributed by atoms with E-state index in [1.807, 2.05) is 24.3 Å². The summed E-state index contributed by atoms with van der Waals surface area (Å²) >= 11 is 0. The Morgan fingerprint density at radius 2 is 0.771 bits per heavy atom. The van der Waals surface area contributed by atoms with Gasteiger partial charge in [-0.25, -0.2) is 9.97 Å². The molecule has 8 nitrogen and oxygen atoms in total. The van der Waals surface area contributed by atoms with E-state index in [1.54, 1.807) is 54.6 Å². The Bertz CT molecular complexity index is 4120. The van der Waals surface area contributed by atoms with Crippen molar-refractivity contribution in [2.24, 2.45) is 0 Å². The van der Waals surface area contributed by atoms with Crippen molar-refractivity contribution >= 4 is 43.6 Å². The third-order valence-electron chi connectivity index (χ3n) is 13.1. The van der Waals surface area contributed by atoms with Crippen molar-refractivity contribution in [2.75, 3.05) is 0 Å². The molecule has 0 spiro atoms. The van der Waals surface area contributed by atoms with Gasteiger partial charge in [-0.1, -0.05) is 115 Å². The van der Waals surface area contributed by atoms with Crippen LogP contribution >= 0.6 is 0 Å². The lowest BCUT2D eigenvalue weighted by Crippen LogP contribution is -2.00. The minimum Gasteiger partial charge on any atom is -0.309 e. The zero-order chi connectivity index (χ0) is 47.3. The number of aromatic nitrogens is 4. The zero-order valence-corrected chi connectivity index (χ0v) is 37.2. The van der Waals surface area contributed by atoms with E-state index in [-0.39, 0.29) is 11.1 Å². The summed E-state index contributed by atoms with van der Waals surface area (Å²) in [5.41, 5.74) is 14.3. The van der Waals surface area contributed by atoms with Crippen LogP contribution in [0.3, 0.4) is 0 Å². The lowest BCUT2D eigenvalue weighted by Gasteiger charge is -2.14. The predicted octanol–water partition coefficient (Wildman–Crippen LogP) is 14.5. The van der Waals surface area contributed by atoms with Gasteiger partial charge in [-0.2, -0.15) is 21.0 Å². The number of para-hydroxylation sites is 3. The zero-order valence-electron chi connectivity index (χ0n) is 37.2. The van der Waals surface area contributed by atoms with Crippen molar-refractivity contribution in [3.8, 4) is 91.8 Å². The average molecular weight is 891 g/mol. The van der Waals surface area contributed by atoms with Gasteiger partial charge in [-0.15, -0.1) is 0 Å². The summed E-state index contributed by atoms with van der Waals surface area (Å²) in [5.74, 6) is 0.313. The third kappa shape index (κ3) is 6.90. The first kappa shape index (κ1) is 41.1. The Labute approximate surface area is 402 Å². The highest BCUT2D eigenvalue weighted by molar-refractivity contribution is 6.12. The maximum Gasteiger partial charge on any atom is 0.160 e. The Hall–Kier alpha value is -10.4. The van der Waals surface area contributed by atoms with Crippen LogP contribution in [0.5, 0.6) is 0 Å². The Kier molecular flexibility index (Phi) is 9.86. The number of hydrogen-bond acceptors (Lipinski definition) is 6. The molecule has 0 aliphatic carbocycles. The number of nitrogens with zero attached hydrogens (tertiary/aromatic N) is 8. The second kappa shape index (κ2) is 16.8. The summed E-state index contributed by atoms with van der Waals surface area (Å²) in [4.78, 5) is 9.70. The van der Waals surface area contributed by atoms with E-state index < -0.39 is 0 Å². The summed E-state index contributed by atoms with van der Waals surface area (Å²) in [5, 5.41) is 45.4. The quantitative estimate of drug-likeness (QED) is 0.157. The molecule has 12 aromatic rings. The highest BCUT2D eigenvalue weighted by Gasteiger charge is 2.20. The second-order valence-corrected chi connectivity index (χ2v) is 17.1. The second-order valence-electron chi connectivity index (χ2n) is 17.1. The maximum absolute atomic E-state index is 10.6. The number of benzene rings is 9. The standard InChI is InChI=1S/C62H34N8/c63-35-39-9-7-11-44(29-39)55-34-56(68-62(67-55)45-12-8-10-40(30-45)36-64)61-47(37-65)31-46(32-48(61)38-66)43-21-19-41(20-22-43)42-23-25-49(26-24-42)69-59-18-6-3-15-53(59)54-33-50(27-28-60(54)69)70-57-16-4-1-13-51(57)52-14-2-5-17-58(52)70/h1-34H. The van der Waals surface area contributed by atoms with Crippen LogP contribution in [0.1, 0.15) is 22.3 Å². The van der Waals surface area contributed by atoms with Gasteiger partial charge in [0.05, 0.1) is 80.0 Å². The predicted molar refractivity (Wildman–Crippen MR) is 277 cm³/mol. The van der Waals surface area contributed by atoms with E-state index in [0.29, 0.717) is 50.6 Å². The van der Waals surface area contributed by atoms with E-state index in [1.165, 1.54) is 32.6 Å². The number of rotatable bonds is 7. The Morgan fingerprint density at radius 3 is 1.34 bits per heavy atom. The van der Waals surface area contributed by atoms with Crippen LogP contribution in [0.25, 0.3) is 111 Å². The molecular weight excluding hydrogens is 857 g/mol. The molecule has 322 valence electrons. The Balaban J connectivity index is 0.879. The average Bonchev–Trinajstić information content (AvgIpc) is 3.95. The van der Waals surface area contributed by atoms with Crippen molar-refractivity contribution in [1.82, 2.24) is 19.1 Å². The third-order valence-corrected chi connectivity index (χ3v) is 13.1. The molecule has 0 saturated carbocycles. The van der Waals surface area contributed by atoms with Crippen LogP contribution in [0.4, 0.5) is 0 Å². The van der Waals surface area contributed by atoms with E-state index in [0.717, 1.165) is 39.1 Å². The van der Waals surface area contributed by atoms with Gasteiger partial charge < -0.3 is 9.13 Å². The first-order chi connectivity index (χ1) is 34.5. The number of hydrogen-bond donors (Lipinski definition) is 0. The molecule has 3 aromatic heterocycles. The van der Waals surface area contributed by atoms with Gasteiger partial charge in [0.2, 0.25) is 0 Å². The smallest absolute Gasteiger partial charge is 0.160 e. The molecular formula is C62H34N8. The summed E-state index contributed by atoms with van der Waals surface area (Å²) in [6.07, 6.45) is 0. The van der Waals surface area contributed by atoms with Gasteiger partial charge >= 0.3 is 0 Å². The molecule has 0 N–H and O–H groups in total. The van der Waals surface area contributed by atoms with E-state index in [2.05, 4.69) is 161 Å². The van der Waals surface area contributed by atoms with Gasteiger partial charge in [0.25, 0.3) is 0 Å².